The number of anilines is 1. The lowest BCUT2D eigenvalue weighted by Crippen LogP contribution is -2.26. The number of benzene rings is 1. The zero-order chi connectivity index (χ0) is 15.9. The second-order valence-corrected chi connectivity index (χ2v) is 5.75. The highest BCUT2D eigenvalue weighted by atomic mass is 35.5. The van der Waals surface area contributed by atoms with Crippen molar-refractivity contribution in [3.05, 3.63) is 51.9 Å². The topological polar surface area (TPSA) is 75.3 Å². The first-order chi connectivity index (χ1) is 10.6. The van der Waals surface area contributed by atoms with E-state index < -0.39 is 0 Å². The predicted octanol–water partition coefficient (Wildman–Crippen LogP) is 2.75. The maximum atomic E-state index is 9.06. The quantitative estimate of drug-likeness (QED) is 0.810. The highest BCUT2D eigenvalue weighted by molar-refractivity contribution is 6.42. The number of rotatable bonds is 7. The highest BCUT2D eigenvalue weighted by Crippen LogP contribution is 2.23. The summed E-state index contributed by atoms with van der Waals surface area (Å²) in [5.74, 6) is 1.10. The fourth-order valence-electron chi connectivity index (χ4n) is 2.10. The van der Waals surface area contributed by atoms with Crippen LogP contribution in [0.1, 0.15) is 17.8 Å². The molecule has 0 radical (unpaired) electrons. The number of nitrogens with two attached hydrogens (primary N) is 1. The average Bonchev–Trinajstić information content (AvgIpc) is 2.48. The van der Waals surface area contributed by atoms with Gasteiger partial charge in [-0.1, -0.05) is 29.3 Å². The lowest BCUT2D eigenvalue weighted by atomic mass is 10.2. The van der Waals surface area contributed by atoms with Gasteiger partial charge in [0.15, 0.2) is 0 Å². The first-order valence-corrected chi connectivity index (χ1v) is 7.68. The minimum absolute atomic E-state index is 0.135. The van der Waals surface area contributed by atoms with Crippen LogP contribution in [0, 0.1) is 0 Å². The van der Waals surface area contributed by atoms with Gasteiger partial charge in [0.2, 0.25) is 0 Å². The van der Waals surface area contributed by atoms with Gasteiger partial charge < -0.3 is 10.8 Å². The molecule has 22 heavy (non-hydrogen) atoms. The Hall–Kier alpha value is -1.40. The molecule has 1 aromatic carbocycles. The lowest BCUT2D eigenvalue weighted by molar-refractivity contribution is 0.209. The van der Waals surface area contributed by atoms with Gasteiger partial charge in [-0.25, -0.2) is 9.97 Å². The van der Waals surface area contributed by atoms with Crippen molar-refractivity contribution in [1.29, 1.82) is 0 Å². The summed E-state index contributed by atoms with van der Waals surface area (Å²) >= 11 is 12.0. The molecule has 0 aliphatic rings. The number of nitrogen functional groups attached to an aromatic ring is 1. The number of hydrogen-bond donors (Lipinski definition) is 2. The Balaban J connectivity index is 2.09. The van der Waals surface area contributed by atoms with Crippen molar-refractivity contribution in [2.75, 3.05) is 18.9 Å². The molecule has 0 saturated heterocycles. The van der Waals surface area contributed by atoms with E-state index in [-0.39, 0.29) is 6.61 Å². The highest BCUT2D eigenvalue weighted by Gasteiger charge is 2.10. The molecule has 2 rings (SSSR count). The zero-order valence-corrected chi connectivity index (χ0v) is 13.6. The maximum absolute atomic E-state index is 9.06. The normalized spacial score (nSPS) is 11.1. The predicted molar refractivity (Wildman–Crippen MR) is 88.7 cm³/mol. The first kappa shape index (κ1) is 17.0. The van der Waals surface area contributed by atoms with Crippen molar-refractivity contribution in [2.24, 2.45) is 0 Å². The fourth-order valence-corrected chi connectivity index (χ4v) is 2.42. The Morgan fingerprint density at radius 2 is 1.95 bits per heavy atom. The van der Waals surface area contributed by atoms with Crippen LogP contribution in [0.5, 0.6) is 0 Å². The monoisotopic (exact) mass is 340 g/mol. The van der Waals surface area contributed by atoms with E-state index in [0.717, 1.165) is 12.1 Å². The molecule has 7 heteroatoms. The molecule has 0 unspecified atom stereocenters. The number of hydrogen-bond acceptors (Lipinski definition) is 5. The molecule has 1 heterocycles. The summed E-state index contributed by atoms with van der Waals surface area (Å²) in [7, 11) is 0. The number of nitrogens with zero attached hydrogens (tertiary/aromatic N) is 3. The third-order valence-corrected chi connectivity index (χ3v) is 3.85. The van der Waals surface area contributed by atoms with Crippen LogP contribution in [-0.4, -0.2) is 33.1 Å². The summed E-state index contributed by atoms with van der Waals surface area (Å²) in [4.78, 5) is 10.6. The lowest BCUT2D eigenvalue weighted by Gasteiger charge is -2.21. The summed E-state index contributed by atoms with van der Waals surface area (Å²) in [6.07, 6.45) is 2.31. The van der Waals surface area contributed by atoms with Gasteiger partial charge in [-0.05, 0) is 30.2 Å². The van der Waals surface area contributed by atoms with E-state index in [9.17, 15) is 0 Å². The fraction of sp³-hybridized carbons (Fsp3) is 0.333. The van der Waals surface area contributed by atoms with Gasteiger partial charge >= 0.3 is 0 Å². The minimum atomic E-state index is 0.135. The molecule has 0 fully saturated rings. The summed E-state index contributed by atoms with van der Waals surface area (Å²) in [6, 6.07) is 7.21. The van der Waals surface area contributed by atoms with Gasteiger partial charge in [-0.3, -0.25) is 4.90 Å². The molecule has 1 aromatic heterocycles. The average molecular weight is 341 g/mol. The van der Waals surface area contributed by atoms with Crippen molar-refractivity contribution in [3.63, 3.8) is 0 Å². The van der Waals surface area contributed by atoms with Crippen LogP contribution in [0.4, 0.5) is 5.82 Å². The molecule has 118 valence electrons. The standard InChI is InChI=1S/C15H18Cl2N4O/c16-12-3-2-11(8-13(12)17)9-21(6-1-7-22)10-15-19-5-4-14(18)20-15/h2-5,8,22H,1,6-7,9-10H2,(H2,18,19,20). The smallest absolute Gasteiger partial charge is 0.144 e. The van der Waals surface area contributed by atoms with Crippen LogP contribution in [0.25, 0.3) is 0 Å². The molecular formula is C15H18Cl2N4O. The summed E-state index contributed by atoms with van der Waals surface area (Å²) < 4.78 is 0. The van der Waals surface area contributed by atoms with Crippen LogP contribution >= 0.6 is 23.2 Å². The SMILES string of the molecule is Nc1ccnc(CN(CCCO)Cc2ccc(Cl)c(Cl)c2)n1. The van der Waals surface area contributed by atoms with Gasteiger partial charge in [0.05, 0.1) is 16.6 Å². The van der Waals surface area contributed by atoms with Crippen LogP contribution in [0.2, 0.25) is 10.0 Å². The largest absolute Gasteiger partial charge is 0.396 e. The zero-order valence-electron chi connectivity index (χ0n) is 12.0. The Bertz CT molecular complexity index is 624. The maximum Gasteiger partial charge on any atom is 0.144 e. The van der Waals surface area contributed by atoms with Gasteiger partial charge in [0.1, 0.15) is 11.6 Å². The van der Waals surface area contributed by atoms with E-state index in [1.807, 2.05) is 12.1 Å². The van der Waals surface area contributed by atoms with Crippen molar-refractivity contribution >= 4 is 29.0 Å². The van der Waals surface area contributed by atoms with Crippen molar-refractivity contribution in [2.45, 2.75) is 19.5 Å². The summed E-state index contributed by atoms with van der Waals surface area (Å²) in [5, 5.41) is 10.1. The second kappa shape index (κ2) is 8.29. The van der Waals surface area contributed by atoms with Gasteiger partial charge in [-0.2, -0.15) is 0 Å². The molecule has 0 aliphatic carbocycles. The third-order valence-electron chi connectivity index (χ3n) is 3.11. The molecule has 0 bridgehead atoms. The van der Waals surface area contributed by atoms with Gasteiger partial charge in [0, 0.05) is 25.9 Å². The van der Waals surface area contributed by atoms with E-state index >= 15 is 0 Å². The molecule has 0 saturated carbocycles. The Morgan fingerprint density at radius 1 is 1.14 bits per heavy atom. The van der Waals surface area contributed by atoms with Crippen LogP contribution in [-0.2, 0) is 13.1 Å². The number of aromatic nitrogens is 2. The van der Waals surface area contributed by atoms with Crippen LogP contribution in [0.15, 0.2) is 30.5 Å². The van der Waals surface area contributed by atoms with Crippen LogP contribution < -0.4 is 5.73 Å². The van der Waals surface area contributed by atoms with E-state index in [4.69, 9.17) is 34.0 Å². The molecule has 5 nitrogen and oxygen atoms in total. The Labute approximate surface area is 139 Å². The minimum Gasteiger partial charge on any atom is -0.396 e. The Morgan fingerprint density at radius 3 is 2.64 bits per heavy atom. The Kier molecular flexibility index (Phi) is 6.39. The molecule has 3 N–H and O–H groups in total. The second-order valence-electron chi connectivity index (χ2n) is 4.93. The first-order valence-electron chi connectivity index (χ1n) is 6.93. The summed E-state index contributed by atoms with van der Waals surface area (Å²) in [5.41, 5.74) is 6.72. The molecule has 0 atom stereocenters. The van der Waals surface area contributed by atoms with Crippen molar-refractivity contribution in [1.82, 2.24) is 14.9 Å². The number of halogens is 2. The molecular weight excluding hydrogens is 323 g/mol. The molecule has 0 amide bonds. The van der Waals surface area contributed by atoms with Gasteiger partial charge in [-0.15, -0.1) is 0 Å². The third kappa shape index (κ3) is 5.10. The van der Waals surface area contributed by atoms with E-state index in [1.165, 1.54) is 0 Å². The van der Waals surface area contributed by atoms with E-state index in [2.05, 4.69) is 14.9 Å². The molecule has 2 aromatic rings. The van der Waals surface area contributed by atoms with Crippen molar-refractivity contribution in [3.8, 4) is 0 Å². The van der Waals surface area contributed by atoms with E-state index in [1.54, 1.807) is 18.3 Å². The van der Waals surface area contributed by atoms with E-state index in [0.29, 0.717) is 41.2 Å². The molecule has 0 aliphatic heterocycles. The number of aliphatic hydroxyl groups is 1. The van der Waals surface area contributed by atoms with Crippen molar-refractivity contribution < 1.29 is 5.11 Å². The van der Waals surface area contributed by atoms with Gasteiger partial charge in [0.25, 0.3) is 0 Å². The summed E-state index contributed by atoms with van der Waals surface area (Å²) in [6.45, 7) is 2.06. The molecule has 0 spiro atoms. The van der Waals surface area contributed by atoms with Crippen LogP contribution in [0.3, 0.4) is 0 Å². The number of aliphatic hydroxyl groups excluding tert-OH is 1.